The summed E-state index contributed by atoms with van der Waals surface area (Å²) in [5.41, 5.74) is -1.70. The van der Waals surface area contributed by atoms with Gasteiger partial charge in [-0.05, 0) is 54.4 Å². The Bertz CT molecular complexity index is 532. The van der Waals surface area contributed by atoms with Crippen LogP contribution in [0.25, 0.3) is 0 Å². The maximum absolute atomic E-state index is 12.5. The molecule has 0 aromatic heterocycles. The number of hydrogen-bond donors (Lipinski definition) is 2. The molecule has 9 nitrogen and oxygen atoms in total. The van der Waals surface area contributed by atoms with Gasteiger partial charge in [-0.25, -0.2) is 14.6 Å². The summed E-state index contributed by atoms with van der Waals surface area (Å²) in [5.74, 6) is -1.46. The molecule has 2 amide bonds. The minimum absolute atomic E-state index is 0.0584. The van der Waals surface area contributed by atoms with E-state index in [0.717, 1.165) is 5.01 Å². The summed E-state index contributed by atoms with van der Waals surface area (Å²) in [5, 5.41) is 1.61. The van der Waals surface area contributed by atoms with Crippen LogP contribution in [0.4, 0.5) is 9.59 Å². The van der Waals surface area contributed by atoms with E-state index in [4.69, 9.17) is 9.47 Å². The van der Waals surface area contributed by atoms with E-state index >= 15 is 0 Å². The van der Waals surface area contributed by atoms with Gasteiger partial charge in [0.25, 0.3) is 0 Å². The second-order valence-electron chi connectivity index (χ2n) is 7.64. The number of hydrogen-bond acceptors (Lipinski definition) is 5. The smallest absolute Gasteiger partial charge is 0.430 e. The fraction of sp³-hybridized carbons (Fsp3) is 0.857. The Morgan fingerprint density at radius 3 is 1.88 bits per heavy atom. The van der Waals surface area contributed by atoms with E-state index in [1.165, 1.54) is 0 Å². The van der Waals surface area contributed by atoms with E-state index in [0.29, 0.717) is 11.4 Å². The van der Waals surface area contributed by atoms with E-state index in [-0.39, 0.29) is 13.0 Å². The van der Waals surface area contributed by atoms with Crippen LogP contribution in [0.1, 0.15) is 54.4 Å². The van der Waals surface area contributed by atoms with Crippen LogP contribution < -0.4 is 0 Å². The van der Waals surface area contributed by atoms with Crippen molar-refractivity contribution in [1.29, 1.82) is 0 Å². The summed E-state index contributed by atoms with van der Waals surface area (Å²) < 4.78 is 22.2. The van der Waals surface area contributed by atoms with Crippen molar-refractivity contribution in [3.8, 4) is 0 Å². The molecular formula is C14H27N2O7P. The average molecular weight is 366 g/mol. The summed E-state index contributed by atoms with van der Waals surface area (Å²) in [6.07, 6.45) is -1.47. The van der Waals surface area contributed by atoms with Crippen LogP contribution in [-0.2, 0) is 14.0 Å². The minimum Gasteiger partial charge on any atom is -0.442 e. The zero-order chi connectivity index (χ0) is 18.9. The number of amides is 2. The van der Waals surface area contributed by atoms with Gasteiger partial charge in [0.2, 0.25) is 0 Å². The van der Waals surface area contributed by atoms with Crippen molar-refractivity contribution in [2.24, 2.45) is 0 Å². The first-order valence-electron chi connectivity index (χ1n) is 7.70. The number of hydrazine groups is 1. The Balaban J connectivity index is 3.16. The van der Waals surface area contributed by atoms with Crippen LogP contribution >= 0.6 is 7.60 Å². The molecule has 1 heterocycles. The van der Waals surface area contributed by atoms with Gasteiger partial charge in [0.1, 0.15) is 11.2 Å². The predicted molar refractivity (Wildman–Crippen MR) is 86.1 cm³/mol. The summed E-state index contributed by atoms with van der Waals surface area (Å²) in [6.45, 7) is 9.95. The van der Waals surface area contributed by atoms with Gasteiger partial charge < -0.3 is 19.3 Å². The van der Waals surface area contributed by atoms with Gasteiger partial charge in [0, 0.05) is 6.54 Å². The van der Waals surface area contributed by atoms with E-state index < -0.39 is 36.8 Å². The fourth-order valence-electron chi connectivity index (χ4n) is 2.15. The molecule has 1 unspecified atom stereocenters. The number of nitrogens with zero attached hydrogens (tertiary/aromatic N) is 2. The third kappa shape index (κ3) is 5.96. The molecule has 10 heteroatoms. The van der Waals surface area contributed by atoms with Gasteiger partial charge in [0.05, 0.1) is 0 Å². The number of ether oxygens (including phenoxy) is 2. The Labute approximate surface area is 142 Å². The van der Waals surface area contributed by atoms with Crippen LogP contribution in [0, 0.1) is 0 Å². The minimum atomic E-state index is -4.67. The van der Waals surface area contributed by atoms with Gasteiger partial charge >= 0.3 is 19.8 Å². The number of carbonyl (C=O) groups is 2. The standard InChI is InChI=1S/C14H27N2O7P/c1-13(2,3)22-11(17)15-9-7-8-10(24(19,20)21)16(15)12(18)23-14(4,5)6/h10H,7-9H2,1-6H3,(H2,19,20,21). The highest BCUT2D eigenvalue weighted by molar-refractivity contribution is 7.52. The molecule has 0 bridgehead atoms. The van der Waals surface area contributed by atoms with E-state index in [2.05, 4.69) is 0 Å². The van der Waals surface area contributed by atoms with Crippen LogP contribution in [0.15, 0.2) is 0 Å². The molecule has 24 heavy (non-hydrogen) atoms. The third-order valence-corrected chi connectivity index (χ3v) is 4.20. The van der Waals surface area contributed by atoms with Crippen molar-refractivity contribution >= 4 is 19.8 Å². The van der Waals surface area contributed by atoms with Gasteiger partial charge in [-0.1, -0.05) is 0 Å². The zero-order valence-electron chi connectivity index (χ0n) is 15.0. The Morgan fingerprint density at radius 1 is 1.00 bits per heavy atom. The van der Waals surface area contributed by atoms with E-state index in [9.17, 15) is 23.9 Å². The largest absolute Gasteiger partial charge is 0.442 e. The molecule has 0 radical (unpaired) electrons. The predicted octanol–water partition coefficient (Wildman–Crippen LogP) is 2.67. The molecule has 0 aliphatic carbocycles. The SMILES string of the molecule is CC(C)(C)OC(=O)N1CCCC(P(=O)(O)O)N1C(=O)OC(C)(C)C. The molecule has 1 saturated heterocycles. The molecule has 0 aromatic carbocycles. The zero-order valence-corrected chi connectivity index (χ0v) is 15.9. The Kier molecular flexibility index (Phi) is 5.96. The summed E-state index contributed by atoms with van der Waals surface area (Å²) in [6, 6.07) is 0. The second-order valence-corrected chi connectivity index (χ2v) is 9.41. The Hall–Kier alpha value is -1.31. The highest BCUT2D eigenvalue weighted by Gasteiger charge is 2.47. The van der Waals surface area contributed by atoms with Crippen molar-refractivity contribution in [1.82, 2.24) is 10.0 Å². The van der Waals surface area contributed by atoms with Crippen LogP contribution in [0.5, 0.6) is 0 Å². The van der Waals surface area contributed by atoms with Gasteiger partial charge in [-0.2, -0.15) is 5.01 Å². The van der Waals surface area contributed by atoms with E-state index in [1.54, 1.807) is 41.5 Å². The highest BCUT2D eigenvalue weighted by Crippen LogP contribution is 2.47. The third-order valence-electron chi connectivity index (χ3n) is 2.95. The molecule has 1 aliphatic rings. The fourth-order valence-corrected chi connectivity index (χ4v) is 3.17. The summed E-state index contributed by atoms with van der Waals surface area (Å²) in [7, 11) is -4.67. The molecule has 1 rings (SSSR count). The Morgan fingerprint density at radius 2 is 1.46 bits per heavy atom. The van der Waals surface area contributed by atoms with Gasteiger partial charge in [0.15, 0.2) is 5.78 Å². The average Bonchev–Trinajstić information content (AvgIpc) is 2.32. The maximum Gasteiger partial charge on any atom is 0.430 e. The van der Waals surface area contributed by atoms with Crippen molar-refractivity contribution < 1.29 is 33.4 Å². The molecule has 1 atom stereocenters. The molecule has 1 fully saturated rings. The van der Waals surface area contributed by atoms with Gasteiger partial charge in [-0.3, -0.25) is 4.57 Å². The van der Waals surface area contributed by atoms with Crippen molar-refractivity contribution in [2.45, 2.75) is 71.4 Å². The van der Waals surface area contributed by atoms with Crippen LogP contribution in [0.3, 0.4) is 0 Å². The quantitative estimate of drug-likeness (QED) is 0.685. The first kappa shape index (κ1) is 20.7. The number of carbonyl (C=O) groups excluding carboxylic acids is 2. The lowest BCUT2D eigenvalue weighted by atomic mass is 10.2. The lowest BCUT2D eigenvalue weighted by Crippen LogP contribution is -2.59. The van der Waals surface area contributed by atoms with Crippen molar-refractivity contribution in [2.75, 3.05) is 6.54 Å². The monoisotopic (exact) mass is 366 g/mol. The number of rotatable bonds is 1. The van der Waals surface area contributed by atoms with Crippen LogP contribution in [-0.4, -0.2) is 55.5 Å². The maximum atomic E-state index is 12.5. The molecular weight excluding hydrogens is 339 g/mol. The molecule has 0 spiro atoms. The second kappa shape index (κ2) is 6.90. The van der Waals surface area contributed by atoms with E-state index in [1.807, 2.05) is 0 Å². The van der Waals surface area contributed by atoms with Crippen molar-refractivity contribution in [3.63, 3.8) is 0 Å². The summed E-state index contributed by atoms with van der Waals surface area (Å²) in [4.78, 5) is 44.0. The molecule has 1 aliphatic heterocycles. The molecule has 0 aromatic rings. The lowest BCUT2D eigenvalue weighted by Gasteiger charge is -2.43. The normalized spacial score (nSPS) is 19.9. The summed E-state index contributed by atoms with van der Waals surface area (Å²) >= 11 is 0. The molecule has 140 valence electrons. The highest BCUT2D eigenvalue weighted by atomic mass is 31.2. The lowest BCUT2D eigenvalue weighted by molar-refractivity contribution is -0.0839. The first-order valence-corrected chi connectivity index (χ1v) is 9.38. The topological polar surface area (TPSA) is 117 Å². The first-order chi connectivity index (χ1) is 10.6. The molecule has 0 saturated carbocycles. The van der Waals surface area contributed by atoms with Crippen LogP contribution in [0.2, 0.25) is 0 Å². The van der Waals surface area contributed by atoms with Gasteiger partial charge in [-0.15, -0.1) is 0 Å². The molecule has 2 N–H and O–H groups in total. The van der Waals surface area contributed by atoms with Crippen molar-refractivity contribution in [3.05, 3.63) is 0 Å².